The van der Waals surface area contributed by atoms with Gasteiger partial charge in [0.1, 0.15) is 5.84 Å². The third-order valence-corrected chi connectivity index (χ3v) is 14.6. The normalized spacial score (nSPS) is 13.7. The van der Waals surface area contributed by atoms with E-state index in [2.05, 4.69) is 231 Å². The topological polar surface area (TPSA) is 38.4 Å². The molecule has 1 aliphatic rings. The minimum absolute atomic E-state index is 0.464. The fourth-order valence-corrected chi connectivity index (χ4v) is 11.7. The lowest BCUT2D eigenvalue weighted by atomic mass is 9.66. The number of nitrogens with two attached hydrogens (primary N) is 1. The lowest BCUT2D eigenvalue weighted by Crippen LogP contribution is -2.30. The molecule has 324 valence electrons. The summed E-state index contributed by atoms with van der Waals surface area (Å²) < 4.78 is 0. The highest BCUT2D eigenvalue weighted by Gasteiger charge is 2.48. The maximum atomic E-state index is 7.13. The summed E-state index contributed by atoms with van der Waals surface area (Å²) in [6.45, 7) is 0. The molecular formula is C67H46N2. The number of aliphatic imine (C=N–C) groups is 1. The molecule has 0 aliphatic heterocycles. The van der Waals surface area contributed by atoms with E-state index in [9.17, 15) is 0 Å². The highest BCUT2D eigenvalue weighted by molar-refractivity contribution is 6.27. The third kappa shape index (κ3) is 6.37. The molecule has 2 nitrogen and oxygen atoms in total. The van der Waals surface area contributed by atoms with Crippen molar-refractivity contribution in [2.24, 2.45) is 10.7 Å². The monoisotopic (exact) mass is 878 g/mol. The Bertz CT molecular complexity index is 3920. The summed E-state index contributed by atoms with van der Waals surface area (Å²) in [5.74, 6) is 0.490. The van der Waals surface area contributed by atoms with E-state index in [4.69, 9.17) is 10.7 Å². The van der Waals surface area contributed by atoms with Crippen LogP contribution in [-0.2, 0) is 5.41 Å². The van der Waals surface area contributed by atoms with Gasteiger partial charge in [0.15, 0.2) is 0 Å². The summed E-state index contributed by atoms with van der Waals surface area (Å²) in [6, 6.07) is 89.9. The average molecular weight is 879 g/mol. The molecule has 1 unspecified atom stereocenters. The van der Waals surface area contributed by atoms with Crippen LogP contribution in [0.5, 0.6) is 0 Å². The van der Waals surface area contributed by atoms with Gasteiger partial charge in [-0.25, -0.2) is 0 Å². The molecule has 0 saturated carbocycles. The van der Waals surface area contributed by atoms with Gasteiger partial charge < -0.3 is 5.73 Å². The van der Waals surface area contributed by atoms with Gasteiger partial charge in [0.25, 0.3) is 0 Å². The van der Waals surface area contributed by atoms with Crippen molar-refractivity contribution in [3.63, 3.8) is 0 Å². The van der Waals surface area contributed by atoms with Crippen LogP contribution in [0.1, 0.15) is 45.0 Å². The lowest BCUT2D eigenvalue weighted by molar-refractivity contribution is 0.741. The number of hydrogen-bond donors (Lipinski definition) is 1. The predicted molar refractivity (Wildman–Crippen MR) is 292 cm³/mol. The van der Waals surface area contributed by atoms with Gasteiger partial charge in [-0.1, -0.05) is 255 Å². The zero-order valence-corrected chi connectivity index (χ0v) is 37.9. The molecule has 2 N–H and O–H groups in total. The van der Waals surface area contributed by atoms with Crippen molar-refractivity contribution in [2.45, 2.75) is 11.5 Å². The van der Waals surface area contributed by atoms with Crippen molar-refractivity contribution in [1.29, 1.82) is 0 Å². The second kappa shape index (κ2) is 16.5. The van der Waals surface area contributed by atoms with Gasteiger partial charge in [-0.15, -0.1) is 0 Å². The van der Waals surface area contributed by atoms with Gasteiger partial charge in [-0.05, 0) is 116 Å². The van der Waals surface area contributed by atoms with Crippen molar-refractivity contribution in [2.75, 3.05) is 0 Å². The van der Waals surface area contributed by atoms with Gasteiger partial charge in [0.2, 0.25) is 0 Å². The Kier molecular flexibility index (Phi) is 9.66. The van der Waals surface area contributed by atoms with Crippen LogP contribution in [0.4, 0.5) is 0 Å². The van der Waals surface area contributed by atoms with Crippen molar-refractivity contribution in [3.05, 3.63) is 294 Å². The summed E-state index contributed by atoms with van der Waals surface area (Å²) >= 11 is 0. The van der Waals surface area contributed by atoms with E-state index in [0.29, 0.717) is 5.84 Å². The number of nitrogens with zero attached hydrogens (tertiary/aromatic N) is 1. The smallest absolute Gasteiger partial charge is 0.126 e. The Balaban J connectivity index is 1.09. The summed E-state index contributed by atoms with van der Waals surface area (Å²) in [6.07, 6.45) is 4.62. The van der Waals surface area contributed by atoms with Crippen molar-refractivity contribution in [1.82, 2.24) is 0 Å². The number of amidine groups is 1. The summed E-state index contributed by atoms with van der Waals surface area (Å²) in [7, 11) is 0. The first-order valence-electron chi connectivity index (χ1n) is 23.9. The van der Waals surface area contributed by atoms with Crippen LogP contribution in [0.3, 0.4) is 0 Å². The van der Waals surface area contributed by atoms with Gasteiger partial charge >= 0.3 is 0 Å². The van der Waals surface area contributed by atoms with Crippen molar-refractivity contribution >= 4 is 65.8 Å². The van der Waals surface area contributed by atoms with E-state index in [-0.39, 0.29) is 0 Å². The molecule has 0 fully saturated rings. The molecule has 0 spiro atoms. The first-order chi connectivity index (χ1) is 34.2. The van der Waals surface area contributed by atoms with E-state index in [0.717, 1.165) is 16.7 Å². The number of fused-ring (bicyclic) bond motifs is 9. The molecule has 0 aromatic heterocycles. The second-order valence-corrected chi connectivity index (χ2v) is 18.2. The molecule has 0 bridgehead atoms. The van der Waals surface area contributed by atoms with Crippen LogP contribution in [0, 0.1) is 0 Å². The van der Waals surface area contributed by atoms with Gasteiger partial charge in [0.05, 0.1) is 11.5 Å². The Morgan fingerprint density at radius 2 is 0.913 bits per heavy atom. The van der Waals surface area contributed by atoms with Crippen LogP contribution < -0.4 is 5.73 Å². The number of benzene rings is 12. The van der Waals surface area contributed by atoms with Crippen LogP contribution in [0.2, 0.25) is 0 Å². The van der Waals surface area contributed by atoms with E-state index in [1.54, 1.807) is 0 Å². The molecule has 0 saturated heterocycles. The predicted octanol–water partition coefficient (Wildman–Crippen LogP) is 16.6. The van der Waals surface area contributed by atoms with E-state index >= 15 is 0 Å². The Labute approximate surface area is 402 Å². The maximum Gasteiger partial charge on any atom is 0.126 e. The minimum Gasteiger partial charge on any atom is -0.383 e. The zero-order chi connectivity index (χ0) is 45.9. The Hall–Kier alpha value is -8.85. The molecular weight excluding hydrogens is 833 g/mol. The summed E-state index contributed by atoms with van der Waals surface area (Å²) in [5, 5.41) is 12.2. The standard InChI is InChI=1S/C67H46N2/c68-66(45-22-4-1-5-23-45)69-62(59-37-20-36-58-54-33-18-19-38-61(54)67(65(58)59,47-25-6-2-7-26-47)48-27-8-3-9-28-48)42-41-53-51-31-14-16-34-55(51)64(56-35-17-15-32-52(53)56)63-50-30-13-11-24-46(50)43-60-49-29-12-10-21-44(49)39-40-57(60)63/h1-43,62H,(H2,68,69)/b42-41+. The highest BCUT2D eigenvalue weighted by atomic mass is 14.9. The largest absolute Gasteiger partial charge is 0.383 e. The van der Waals surface area contributed by atoms with Crippen molar-refractivity contribution < 1.29 is 0 Å². The number of rotatable bonds is 8. The van der Waals surface area contributed by atoms with E-state index < -0.39 is 11.5 Å². The fourth-order valence-electron chi connectivity index (χ4n) is 11.7. The molecule has 0 radical (unpaired) electrons. The molecule has 1 aliphatic carbocycles. The van der Waals surface area contributed by atoms with Gasteiger partial charge in [0, 0.05) is 5.56 Å². The fraction of sp³-hybridized carbons (Fsp3) is 0.0299. The van der Waals surface area contributed by atoms with Crippen molar-refractivity contribution in [3.8, 4) is 22.3 Å². The molecule has 0 heterocycles. The second-order valence-electron chi connectivity index (χ2n) is 18.2. The van der Waals surface area contributed by atoms with Crippen LogP contribution in [0.15, 0.2) is 260 Å². The summed E-state index contributed by atoms with van der Waals surface area (Å²) in [5.41, 5.74) is 19.5. The van der Waals surface area contributed by atoms with Crippen LogP contribution in [-0.4, -0.2) is 5.84 Å². The average Bonchev–Trinajstić information content (AvgIpc) is 3.73. The van der Waals surface area contributed by atoms with Crippen LogP contribution >= 0.6 is 0 Å². The maximum absolute atomic E-state index is 7.13. The lowest BCUT2D eigenvalue weighted by Gasteiger charge is -2.36. The molecule has 69 heavy (non-hydrogen) atoms. The highest BCUT2D eigenvalue weighted by Crippen LogP contribution is 2.58. The van der Waals surface area contributed by atoms with E-state index in [1.807, 2.05) is 30.3 Å². The minimum atomic E-state index is -0.623. The SMILES string of the molecule is NC(=NC(/C=C/c1c2ccccc2c(-c2c3ccccc3cc3c2ccc2ccccc23)c2ccccc12)c1cccc2c1C(c1ccccc1)(c1ccccc1)c1ccccc1-2)c1ccccc1. The van der Waals surface area contributed by atoms with Crippen LogP contribution in [0.25, 0.3) is 82.2 Å². The first kappa shape index (κ1) is 40.4. The molecule has 12 aromatic carbocycles. The first-order valence-corrected chi connectivity index (χ1v) is 23.9. The zero-order valence-electron chi connectivity index (χ0n) is 37.9. The Morgan fingerprint density at radius 3 is 1.59 bits per heavy atom. The van der Waals surface area contributed by atoms with E-state index in [1.165, 1.54) is 98.4 Å². The molecule has 12 aromatic rings. The third-order valence-electron chi connectivity index (χ3n) is 14.6. The molecule has 13 rings (SSSR count). The number of hydrogen-bond acceptors (Lipinski definition) is 1. The molecule has 1 atom stereocenters. The van der Waals surface area contributed by atoms with Gasteiger partial charge in [-0.2, -0.15) is 0 Å². The molecule has 0 amide bonds. The summed E-state index contributed by atoms with van der Waals surface area (Å²) in [4.78, 5) is 5.55. The van der Waals surface area contributed by atoms with Gasteiger partial charge in [-0.3, -0.25) is 4.99 Å². The molecule has 2 heteroatoms. The Morgan fingerprint density at radius 1 is 0.406 bits per heavy atom. The quantitative estimate of drug-likeness (QED) is 0.0702.